The van der Waals surface area contributed by atoms with E-state index in [-0.39, 0.29) is 29.0 Å². The Bertz CT molecular complexity index is 1020. The van der Waals surface area contributed by atoms with Crippen LogP contribution in [0.3, 0.4) is 0 Å². The Labute approximate surface area is 214 Å². The van der Waals surface area contributed by atoms with Crippen LogP contribution in [0.15, 0.2) is 29.2 Å². The average Bonchev–Trinajstić information content (AvgIpc) is 3.65. The smallest absolute Gasteiger partial charge is 0.414 e. The molecule has 0 spiro atoms. The summed E-state index contributed by atoms with van der Waals surface area (Å²) in [6.45, 7) is 2.46. The predicted octanol–water partition coefficient (Wildman–Crippen LogP) is 4.44. The summed E-state index contributed by atoms with van der Waals surface area (Å²) in [5.74, 6) is -0.0838. The van der Waals surface area contributed by atoms with Crippen LogP contribution in [0, 0.1) is 5.92 Å². The SMILES string of the molecule is O=C(NCC1CN(c2ccc(N3CCCC3)c(NC(=O)C3CCCC3)c2)C(=O)O1)C1=CCC(Cl)S1. The van der Waals surface area contributed by atoms with E-state index in [0.717, 1.165) is 63.0 Å². The lowest BCUT2D eigenvalue weighted by molar-refractivity contribution is -0.119. The first-order valence-electron chi connectivity index (χ1n) is 12.4. The van der Waals surface area contributed by atoms with Crippen molar-refractivity contribution in [3.63, 3.8) is 0 Å². The van der Waals surface area contributed by atoms with Crippen LogP contribution in [-0.4, -0.2) is 54.9 Å². The highest BCUT2D eigenvalue weighted by molar-refractivity contribution is 8.05. The number of carbonyl (C=O) groups excluding carboxylic acids is 3. The maximum absolute atomic E-state index is 12.9. The van der Waals surface area contributed by atoms with Crippen LogP contribution in [-0.2, 0) is 14.3 Å². The molecule has 3 amide bonds. The molecule has 5 rings (SSSR count). The maximum Gasteiger partial charge on any atom is 0.414 e. The summed E-state index contributed by atoms with van der Waals surface area (Å²) in [4.78, 5) is 42.4. The van der Waals surface area contributed by atoms with Crippen LogP contribution in [0.4, 0.5) is 21.9 Å². The lowest BCUT2D eigenvalue weighted by Crippen LogP contribution is -2.34. The summed E-state index contributed by atoms with van der Waals surface area (Å²) in [6.07, 6.45) is 7.88. The van der Waals surface area contributed by atoms with Gasteiger partial charge in [0.2, 0.25) is 5.91 Å². The van der Waals surface area contributed by atoms with Crippen molar-refractivity contribution in [3.8, 4) is 0 Å². The van der Waals surface area contributed by atoms with Gasteiger partial charge in [0.05, 0.1) is 34.1 Å². The standard InChI is InChI=1S/C25H31ClN4O4S/c26-22-10-9-21(35-22)24(32)27-14-18-15-30(25(33)34-18)17-7-8-20(29-11-3-4-12-29)19(13-17)28-23(31)16-5-1-2-6-16/h7-9,13,16,18,22H,1-6,10-12,14-15H2,(H,27,32)(H,28,31). The number of carbonyl (C=O) groups is 3. The summed E-state index contributed by atoms with van der Waals surface area (Å²) in [5, 5.41) is 6.00. The first kappa shape index (κ1) is 24.3. The predicted molar refractivity (Wildman–Crippen MR) is 139 cm³/mol. The largest absolute Gasteiger partial charge is 0.442 e. The lowest BCUT2D eigenvalue weighted by Gasteiger charge is -2.24. The van der Waals surface area contributed by atoms with Gasteiger partial charge in [-0.3, -0.25) is 14.5 Å². The number of hydrogen-bond donors (Lipinski definition) is 2. The van der Waals surface area contributed by atoms with Crippen LogP contribution in [0.2, 0.25) is 0 Å². The molecule has 2 atom stereocenters. The fourth-order valence-corrected chi connectivity index (χ4v) is 6.38. The fourth-order valence-electron chi connectivity index (χ4n) is 5.16. The second kappa shape index (κ2) is 10.7. The van der Waals surface area contributed by atoms with Gasteiger partial charge in [0.15, 0.2) is 0 Å². The van der Waals surface area contributed by atoms with Gasteiger partial charge in [0.1, 0.15) is 6.10 Å². The molecule has 2 unspecified atom stereocenters. The third kappa shape index (κ3) is 5.56. The third-order valence-electron chi connectivity index (χ3n) is 7.05. The lowest BCUT2D eigenvalue weighted by atomic mass is 10.1. The highest BCUT2D eigenvalue weighted by Crippen LogP contribution is 2.36. The summed E-state index contributed by atoms with van der Waals surface area (Å²) in [5.41, 5.74) is 2.41. The minimum absolute atomic E-state index is 0.0528. The van der Waals surface area contributed by atoms with Crippen LogP contribution in [0.25, 0.3) is 0 Å². The molecule has 1 saturated carbocycles. The summed E-state index contributed by atoms with van der Waals surface area (Å²) in [7, 11) is 0. The van der Waals surface area contributed by atoms with Crippen molar-refractivity contribution >= 4 is 58.3 Å². The van der Waals surface area contributed by atoms with E-state index in [2.05, 4.69) is 15.5 Å². The number of cyclic esters (lactones) is 1. The van der Waals surface area contributed by atoms with Gasteiger partial charge in [-0.1, -0.05) is 18.9 Å². The van der Waals surface area contributed by atoms with Crippen molar-refractivity contribution in [2.45, 2.75) is 55.8 Å². The number of halogens is 1. The Kier molecular flexibility index (Phi) is 7.43. The maximum atomic E-state index is 12.9. The molecule has 35 heavy (non-hydrogen) atoms. The molecule has 1 aromatic carbocycles. The number of thioether (sulfide) groups is 1. The molecular weight excluding hydrogens is 488 g/mol. The second-order valence-corrected chi connectivity index (χ2v) is 11.6. The fraction of sp³-hybridized carbons (Fsp3) is 0.560. The van der Waals surface area contributed by atoms with E-state index in [0.29, 0.717) is 23.6 Å². The molecule has 2 saturated heterocycles. The molecule has 3 heterocycles. The molecule has 0 aromatic heterocycles. The van der Waals surface area contributed by atoms with Crippen molar-refractivity contribution in [2.24, 2.45) is 5.92 Å². The van der Waals surface area contributed by atoms with E-state index in [1.165, 1.54) is 11.8 Å². The number of ether oxygens (including phenoxy) is 1. The molecule has 8 nitrogen and oxygen atoms in total. The molecule has 3 aliphatic heterocycles. The highest BCUT2D eigenvalue weighted by atomic mass is 35.5. The van der Waals surface area contributed by atoms with Gasteiger partial charge in [0.25, 0.3) is 5.91 Å². The third-order valence-corrected chi connectivity index (χ3v) is 8.55. The number of nitrogens with one attached hydrogen (secondary N) is 2. The molecule has 1 aliphatic carbocycles. The zero-order chi connectivity index (χ0) is 24.4. The van der Waals surface area contributed by atoms with E-state index in [1.807, 2.05) is 24.3 Å². The topological polar surface area (TPSA) is 91.0 Å². The Balaban J connectivity index is 1.27. The van der Waals surface area contributed by atoms with Crippen molar-refractivity contribution in [1.29, 1.82) is 0 Å². The van der Waals surface area contributed by atoms with Crippen LogP contribution in [0.1, 0.15) is 44.9 Å². The first-order valence-corrected chi connectivity index (χ1v) is 13.8. The Morgan fingerprint density at radius 3 is 2.63 bits per heavy atom. The zero-order valence-electron chi connectivity index (χ0n) is 19.6. The van der Waals surface area contributed by atoms with Crippen molar-refractivity contribution < 1.29 is 19.1 Å². The number of hydrogen-bond acceptors (Lipinski definition) is 6. The molecular formula is C25H31ClN4O4S. The molecule has 188 valence electrons. The average molecular weight is 519 g/mol. The number of alkyl halides is 1. The number of amides is 3. The molecule has 10 heteroatoms. The van der Waals surface area contributed by atoms with Gasteiger partial charge in [-0.25, -0.2) is 4.79 Å². The van der Waals surface area contributed by atoms with E-state index >= 15 is 0 Å². The summed E-state index contributed by atoms with van der Waals surface area (Å²) < 4.78 is 5.41. The summed E-state index contributed by atoms with van der Waals surface area (Å²) >= 11 is 7.38. The molecule has 1 aromatic rings. The normalized spacial score (nSPS) is 24.6. The van der Waals surface area contributed by atoms with Gasteiger partial charge in [-0.15, -0.1) is 23.4 Å². The summed E-state index contributed by atoms with van der Waals surface area (Å²) in [6, 6.07) is 5.77. The van der Waals surface area contributed by atoms with E-state index < -0.39 is 12.2 Å². The number of allylic oxidation sites excluding steroid dienone is 1. The molecule has 0 bridgehead atoms. The van der Waals surface area contributed by atoms with Crippen molar-refractivity contribution in [1.82, 2.24) is 5.32 Å². The van der Waals surface area contributed by atoms with Gasteiger partial charge in [-0.2, -0.15) is 0 Å². The van der Waals surface area contributed by atoms with Gasteiger partial charge in [0, 0.05) is 24.7 Å². The number of anilines is 3. The van der Waals surface area contributed by atoms with E-state index in [1.54, 1.807) is 4.90 Å². The Morgan fingerprint density at radius 2 is 1.91 bits per heavy atom. The monoisotopic (exact) mass is 518 g/mol. The molecule has 3 fully saturated rings. The van der Waals surface area contributed by atoms with Gasteiger partial charge < -0.3 is 20.3 Å². The number of benzene rings is 1. The highest BCUT2D eigenvalue weighted by Gasteiger charge is 2.34. The molecule has 4 aliphatic rings. The second-order valence-electron chi connectivity index (χ2n) is 9.52. The number of rotatable bonds is 7. The van der Waals surface area contributed by atoms with Crippen LogP contribution >= 0.6 is 23.4 Å². The van der Waals surface area contributed by atoms with E-state index in [9.17, 15) is 14.4 Å². The zero-order valence-corrected chi connectivity index (χ0v) is 21.2. The Hall–Kier alpha value is -2.39. The van der Waals surface area contributed by atoms with Crippen molar-refractivity contribution in [2.75, 3.05) is 41.3 Å². The first-order chi connectivity index (χ1) is 17.0. The van der Waals surface area contributed by atoms with Crippen LogP contribution < -0.4 is 20.4 Å². The van der Waals surface area contributed by atoms with Crippen LogP contribution in [0.5, 0.6) is 0 Å². The number of nitrogens with zero attached hydrogens (tertiary/aromatic N) is 2. The van der Waals surface area contributed by atoms with Gasteiger partial charge in [-0.05, 0) is 50.3 Å². The van der Waals surface area contributed by atoms with Crippen molar-refractivity contribution in [3.05, 3.63) is 29.2 Å². The minimum atomic E-state index is -0.458. The van der Waals surface area contributed by atoms with E-state index in [4.69, 9.17) is 16.3 Å². The Morgan fingerprint density at radius 1 is 1.14 bits per heavy atom. The van der Waals surface area contributed by atoms with Gasteiger partial charge >= 0.3 is 6.09 Å². The minimum Gasteiger partial charge on any atom is -0.442 e. The quantitative estimate of drug-likeness (QED) is 0.518. The molecule has 2 N–H and O–H groups in total. The molecule has 0 radical (unpaired) electrons.